The third-order valence-electron chi connectivity index (χ3n) is 4.30. The molecule has 2 aromatic rings. The second-order valence-electron chi connectivity index (χ2n) is 6.28. The summed E-state index contributed by atoms with van der Waals surface area (Å²) in [4.78, 5) is 0. The van der Waals surface area contributed by atoms with Gasteiger partial charge in [-0.25, -0.2) is 4.39 Å². The van der Waals surface area contributed by atoms with Crippen molar-refractivity contribution in [3.63, 3.8) is 0 Å². The van der Waals surface area contributed by atoms with Gasteiger partial charge in [0.1, 0.15) is 29.7 Å². The Bertz CT molecular complexity index is 671. The van der Waals surface area contributed by atoms with E-state index in [1.165, 1.54) is 12.1 Å². The van der Waals surface area contributed by atoms with Gasteiger partial charge in [0.2, 0.25) is 0 Å². The van der Waals surface area contributed by atoms with Gasteiger partial charge in [0.25, 0.3) is 0 Å². The molecule has 0 aliphatic rings. The highest BCUT2D eigenvalue weighted by Gasteiger charge is 2.11. The van der Waals surface area contributed by atoms with Gasteiger partial charge in [-0.3, -0.25) is 0 Å². The lowest BCUT2D eigenvalue weighted by Gasteiger charge is -2.17. The van der Waals surface area contributed by atoms with Crippen LogP contribution >= 0.6 is 0 Å². The fraction of sp³-hybridized carbons (Fsp3) is 0.455. The lowest BCUT2D eigenvalue weighted by molar-refractivity contribution is 0.0547. The van der Waals surface area contributed by atoms with Crippen molar-refractivity contribution >= 4 is 0 Å². The maximum absolute atomic E-state index is 13.1. The van der Waals surface area contributed by atoms with E-state index in [4.69, 9.17) is 18.9 Å². The molecule has 6 heteroatoms. The summed E-state index contributed by atoms with van der Waals surface area (Å²) in [5.41, 5.74) is 1.01. The van der Waals surface area contributed by atoms with E-state index < -0.39 is 0 Å². The highest BCUT2D eigenvalue weighted by atomic mass is 19.1. The van der Waals surface area contributed by atoms with Crippen LogP contribution in [0.25, 0.3) is 0 Å². The first-order valence-electron chi connectivity index (χ1n) is 9.60. The molecular weight excluding hydrogens is 361 g/mol. The molecule has 0 aliphatic carbocycles. The molecule has 0 aliphatic heterocycles. The van der Waals surface area contributed by atoms with Crippen LogP contribution in [0.4, 0.5) is 4.39 Å². The molecule has 154 valence electrons. The summed E-state index contributed by atoms with van der Waals surface area (Å²) in [6, 6.07) is 12.0. The molecule has 0 amide bonds. The molecule has 5 nitrogen and oxygen atoms in total. The first-order chi connectivity index (χ1) is 13.7. The fourth-order valence-electron chi connectivity index (χ4n) is 2.87. The minimum Gasteiger partial charge on any atom is -0.496 e. The number of ether oxygens (including phenoxy) is 4. The Morgan fingerprint density at radius 1 is 0.929 bits per heavy atom. The smallest absolute Gasteiger partial charge is 0.126 e. The highest BCUT2D eigenvalue weighted by Crippen LogP contribution is 2.27. The summed E-state index contributed by atoms with van der Waals surface area (Å²) in [6.45, 7) is 4.74. The van der Waals surface area contributed by atoms with E-state index >= 15 is 0 Å². The Balaban J connectivity index is 1.67. The minimum absolute atomic E-state index is 0.00658. The first-order valence-corrected chi connectivity index (χ1v) is 9.60. The maximum Gasteiger partial charge on any atom is 0.126 e. The number of rotatable bonds is 13. The maximum atomic E-state index is 13.1. The Hall–Kier alpha value is -2.31. The standard InChI is InChI=1S/C22H30FNO4/c1-4-27-22(17-7-9-18(23)10-8-17)6-5-11-24-12-13-28-21-15-19(25-2)14-20(16-21)26-3/h7-10,14-16,22,24H,4-6,11-13H2,1-3H3. The molecule has 0 spiro atoms. The Kier molecular flexibility index (Phi) is 9.59. The van der Waals surface area contributed by atoms with Crippen molar-refractivity contribution in [2.24, 2.45) is 0 Å². The van der Waals surface area contributed by atoms with Crippen molar-refractivity contribution in [2.75, 3.05) is 40.5 Å². The van der Waals surface area contributed by atoms with Gasteiger partial charge in [-0.2, -0.15) is 0 Å². The van der Waals surface area contributed by atoms with Crippen molar-refractivity contribution in [3.05, 3.63) is 53.8 Å². The zero-order valence-corrected chi connectivity index (χ0v) is 16.9. The van der Waals surface area contributed by atoms with Gasteiger partial charge in [0.05, 0.1) is 20.3 Å². The van der Waals surface area contributed by atoms with Crippen LogP contribution in [0.15, 0.2) is 42.5 Å². The van der Waals surface area contributed by atoms with E-state index in [-0.39, 0.29) is 11.9 Å². The Labute approximate surface area is 166 Å². The molecule has 0 bridgehead atoms. The van der Waals surface area contributed by atoms with E-state index in [2.05, 4.69) is 5.32 Å². The summed E-state index contributed by atoms with van der Waals surface area (Å²) < 4.78 is 35.1. The van der Waals surface area contributed by atoms with E-state index in [0.29, 0.717) is 30.5 Å². The summed E-state index contributed by atoms with van der Waals surface area (Å²) in [7, 11) is 3.23. The second-order valence-corrected chi connectivity index (χ2v) is 6.28. The average Bonchev–Trinajstić information content (AvgIpc) is 2.72. The fourth-order valence-corrected chi connectivity index (χ4v) is 2.87. The van der Waals surface area contributed by atoms with Crippen LogP contribution < -0.4 is 19.5 Å². The number of methoxy groups -OCH3 is 2. The third kappa shape index (κ3) is 7.37. The topological polar surface area (TPSA) is 49.0 Å². The molecule has 0 fully saturated rings. The van der Waals surface area contributed by atoms with Gasteiger partial charge >= 0.3 is 0 Å². The van der Waals surface area contributed by atoms with E-state index in [0.717, 1.165) is 31.5 Å². The van der Waals surface area contributed by atoms with Gasteiger partial charge in [-0.05, 0) is 44.0 Å². The molecule has 0 heterocycles. The van der Waals surface area contributed by atoms with Gasteiger partial charge in [-0.15, -0.1) is 0 Å². The lowest BCUT2D eigenvalue weighted by Crippen LogP contribution is -2.22. The van der Waals surface area contributed by atoms with Crippen LogP contribution in [0, 0.1) is 5.82 Å². The normalized spacial score (nSPS) is 11.9. The largest absolute Gasteiger partial charge is 0.496 e. The number of hydrogen-bond acceptors (Lipinski definition) is 5. The molecule has 0 radical (unpaired) electrons. The highest BCUT2D eigenvalue weighted by molar-refractivity contribution is 5.41. The Morgan fingerprint density at radius 3 is 2.18 bits per heavy atom. The van der Waals surface area contributed by atoms with Gasteiger partial charge in [-0.1, -0.05) is 12.1 Å². The summed E-state index contributed by atoms with van der Waals surface area (Å²) in [5, 5.41) is 3.37. The van der Waals surface area contributed by atoms with Crippen LogP contribution in [0.5, 0.6) is 17.2 Å². The third-order valence-corrected chi connectivity index (χ3v) is 4.30. The molecule has 28 heavy (non-hydrogen) atoms. The average molecular weight is 391 g/mol. The van der Waals surface area contributed by atoms with Gasteiger partial charge in [0.15, 0.2) is 0 Å². The minimum atomic E-state index is -0.227. The zero-order chi connectivity index (χ0) is 20.2. The van der Waals surface area contributed by atoms with Gasteiger partial charge in [0, 0.05) is 31.4 Å². The number of benzene rings is 2. The molecule has 1 atom stereocenters. The predicted molar refractivity (Wildman–Crippen MR) is 108 cm³/mol. The van der Waals surface area contributed by atoms with Crippen LogP contribution in [-0.2, 0) is 4.74 Å². The zero-order valence-electron chi connectivity index (χ0n) is 16.9. The molecule has 0 saturated carbocycles. The monoisotopic (exact) mass is 391 g/mol. The van der Waals surface area contributed by atoms with Crippen molar-refractivity contribution in [3.8, 4) is 17.2 Å². The van der Waals surface area contributed by atoms with Crippen LogP contribution in [-0.4, -0.2) is 40.5 Å². The van der Waals surface area contributed by atoms with Crippen molar-refractivity contribution in [1.82, 2.24) is 5.32 Å². The van der Waals surface area contributed by atoms with E-state index in [1.54, 1.807) is 32.4 Å². The molecule has 2 rings (SSSR count). The summed E-state index contributed by atoms with van der Waals surface area (Å²) in [5.74, 6) is 1.88. The molecular formula is C22H30FNO4. The van der Waals surface area contributed by atoms with Crippen molar-refractivity contribution < 1.29 is 23.3 Å². The second kappa shape index (κ2) is 12.2. The first kappa shape index (κ1) is 22.0. The number of hydrogen-bond donors (Lipinski definition) is 1. The molecule has 1 N–H and O–H groups in total. The van der Waals surface area contributed by atoms with Crippen LogP contribution in [0.3, 0.4) is 0 Å². The quantitative estimate of drug-likeness (QED) is 0.514. The van der Waals surface area contributed by atoms with E-state index in [1.807, 2.05) is 19.1 Å². The van der Waals surface area contributed by atoms with Crippen molar-refractivity contribution in [1.29, 1.82) is 0 Å². The molecule has 1 unspecified atom stereocenters. The molecule has 2 aromatic carbocycles. The summed E-state index contributed by atoms with van der Waals surface area (Å²) >= 11 is 0. The number of halogens is 1. The van der Waals surface area contributed by atoms with Gasteiger partial charge < -0.3 is 24.3 Å². The number of nitrogens with one attached hydrogen (secondary N) is 1. The SMILES string of the molecule is CCOC(CCCNCCOc1cc(OC)cc(OC)c1)c1ccc(F)cc1. The lowest BCUT2D eigenvalue weighted by atomic mass is 10.0. The molecule has 0 aromatic heterocycles. The Morgan fingerprint density at radius 2 is 1.57 bits per heavy atom. The van der Waals surface area contributed by atoms with Crippen LogP contribution in [0.2, 0.25) is 0 Å². The summed E-state index contributed by atoms with van der Waals surface area (Å²) in [6.07, 6.45) is 1.82. The predicted octanol–water partition coefficient (Wildman–Crippen LogP) is 4.37. The van der Waals surface area contributed by atoms with E-state index in [9.17, 15) is 4.39 Å². The molecule has 0 saturated heterocycles. The van der Waals surface area contributed by atoms with Crippen LogP contribution in [0.1, 0.15) is 31.4 Å². The van der Waals surface area contributed by atoms with Crippen molar-refractivity contribution in [2.45, 2.75) is 25.9 Å².